The predicted octanol–water partition coefficient (Wildman–Crippen LogP) is 1.41. The van der Waals surface area contributed by atoms with Crippen LogP contribution in [0.3, 0.4) is 0 Å². The van der Waals surface area contributed by atoms with E-state index in [1.807, 2.05) is 24.4 Å². The first-order chi connectivity index (χ1) is 12.2. The fourth-order valence-corrected chi connectivity index (χ4v) is 3.38. The minimum Gasteiger partial charge on any atom is -0.488 e. The van der Waals surface area contributed by atoms with Gasteiger partial charge in [0.15, 0.2) is 11.6 Å². The molecule has 0 bridgehead atoms. The fraction of sp³-hybridized carbons (Fsp3) is 0.333. The smallest absolute Gasteiger partial charge is 0.162 e. The van der Waals surface area contributed by atoms with Crippen LogP contribution in [0.2, 0.25) is 0 Å². The summed E-state index contributed by atoms with van der Waals surface area (Å²) in [5.41, 5.74) is 2.96. The summed E-state index contributed by atoms with van der Waals surface area (Å²) in [4.78, 5) is 4.40. The number of anilines is 2. The maximum atomic E-state index is 9.87. The number of fused-ring (bicyclic) bond motifs is 1. The van der Waals surface area contributed by atoms with Crippen molar-refractivity contribution in [1.29, 1.82) is 0 Å². The molecule has 1 aliphatic carbocycles. The van der Waals surface area contributed by atoms with Crippen molar-refractivity contribution in [2.75, 3.05) is 5.32 Å². The second-order valence-electron chi connectivity index (χ2n) is 6.64. The van der Waals surface area contributed by atoms with Crippen molar-refractivity contribution >= 4 is 30.3 Å². The zero-order chi connectivity index (χ0) is 17.2. The first kappa shape index (κ1) is 16.0. The Morgan fingerprint density at radius 1 is 1.28 bits per heavy atom. The van der Waals surface area contributed by atoms with Crippen LogP contribution in [0.1, 0.15) is 25.7 Å². The Morgan fingerprint density at radius 3 is 3.04 bits per heavy atom. The van der Waals surface area contributed by atoms with Crippen LogP contribution in [-0.4, -0.2) is 39.8 Å². The summed E-state index contributed by atoms with van der Waals surface area (Å²) in [5.74, 6) is 1.45. The minimum atomic E-state index is -0.270. The van der Waals surface area contributed by atoms with Gasteiger partial charge in [-0.25, -0.2) is 9.50 Å². The second kappa shape index (κ2) is 6.76. The van der Waals surface area contributed by atoms with Crippen LogP contribution >= 0.6 is 0 Å². The molecule has 1 unspecified atom stereocenters. The van der Waals surface area contributed by atoms with Gasteiger partial charge in [0.25, 0.3) is 0 Å². The number of aliphatic hydroxyl groups is 1. The van der Waals surface area contributed by atoms with Crippen molar-refractivity contribution in [3.63, 3.8) is 0 Å². The summed E-state index contributed by atoms with van der Waals surface area (Å²) in [6.45, 7) is 0. The number of ether oxygens (including phenoxy) is 1. The number of hydrogen-bond acceptors (Lipinski definition) is 5. The molecule has 2 aromatic heterocycles. The van der Waals surface area contributed by atoms with E-state index in [9.17, 15) is 5.11 Å². The van der Waals surface area contributed by atoms with Crippen molar-refractivity contribution in [3.8, 4) is 5.75 Å². The van der Waals surface area contributed by atoms with E-state index in [2.05, 4.69) is 35.4 Å². The molecule has 4 rings (SSSR count). The standard InChI is InChI=1S/C18H21BN4O2/c19-12-3-1-4-13(9-12)22-18-17-16(7-8-23(17)21-11-20-18)25-15-6-2-5-14(24)10-15/h1,3-4,7-9,11,14-15,24H,2,5-6,10,19H2,(H,20,21,22)/t14-,15?/m0/s1. The molecule has 128 valence electrons. The molecule has 6 nitrogen and oxygen atoms in total. The zero-order valence-electron chi connectivity index (χ0n) is 14.2. The largest absolute Gasteiger partial charge is 0.488 e. The van der Waals surface area contributed by atoms with Crippen molar-refractivity contribution < 1.29 is 9.84 Å². The Labute approximate surface area is 147 Å². The van der Waals surface area contributed by atoms with Crippen molar-refractivity contribution in [3.05, 3.63) is 42.9 Å². The molecule has 0 spiro atoms. The molecule has 1 saturated carbocycles. The van der Waals surface area contributed by atoms with Crippen LogP contribution in [0.15, 0.2) is 42.9 Å². The molecule has 2 heterocycles. The van der Waals surface area contributed by atoms with E-state index in [0.29, 0.717) is 12.2 Å². The van der Waals surface area contributed by atoms with Gasteiger partial charge in [-0.15, -0.1) is 0 Å². The third-order valence-electron chi connectivity index (χ3n) is 4.59. The summed E-state index contributed by atoms with van der Waals surface area (Å²) in [5, 5.41) is 17.5. The van der Waals surface area contributed by atoms with Gasteiger partial charge < -0.3 is 15.2 Å². The Balaban J connectivity index is 1.64. The molecule has 1 fully saturated rings. The summed E-state index contributed by atoms with van der Waals surface area (Å²) < 4.78 is 7.94. The molecule has 2 atom stereocenters. The predicted molar refractivity (Wildman–Crippen MR) is 99.8 cm³/mol. The van der Waals surface area contributed by atoms with E-state index in [0.717, 1.165) is 36.2 Å². The zero-order valence-corrected chi connectivity index (χ0v) is 14.2. The lowest BCUT2D eigenvalue weighted by atomic mass is 9.95. The molecule has 3 aromatic rings. The summed E-state index contributed by atoms with van der Waals surface area (Å²) in [7, 11) is 2.06. The average molecular weight is 336 g/mol. The van der Waals surface area contributed by atoms with Crippen molar-refractivity contribution in [1.82, 2.24) is 14.6 Å². The van der Waals surface area contributed by atoms with E-state index < -0.39 is 0 Å². The Kier molecular flexibility index (Phi) is 4.32. The minimum absolute atomic E-state index is 0.0296. The molecule has 1 aromatic carbocycles. The van der Waals surface area contributed by atoms with Crippen LogP contribution in [-0.2, 0) is 0 Å². The van der Waals surface area contributed by atoms with Crippen LogP contribution in [0.5, 0.6) is 5.75 Å². The highest BCUT2D eigenvalue weighted by atomic mass is 16.5. The third kappa shape index (κ3) is 3.46. The molecular formula is C18H21BN4O2. The number of aromatic nitrogens is 3. The Morgan fingerprint density at radius 2 is 2.20 bits per heavy atom. The van der Waals surface area contributed by atoms with E-state index in [1.165, 1.54) is 11.8 Å². The van der Waals surface area contributed by atoms with E-state index in [4.69, 9.17) is 4.74 Å². The third-order valence-corrected chi connectivity index (χ3v) is 4.59. The van der Waals surface area contributed by atoms with Gasteiger partial charge >= 0.3 is 0 Å². The van der Waals surface area contributed by atoms with Gasteiger partial charge in [0.2, 0.25) is 0 Å². The number of benzene rings is 1. The quantitative estimate of drug-likeness (QED) is 0.705. The molecule has 2 N–H and O–H groups in total. The highest BCUT2D eigenvalue weighted by Gasteiger charge is 2.23. The topological polar surface area (TPSA) is 71.7 Å². The molecule has 0 aliphatic heterocycles. The van der Waals surface area contributed by atoms with E-state index in [1.54, 1.807) is 4.52 Å². The van der Waals surface area contributed by atoms with Gasteiger partial charge in [0.1, 0.15) is 25.8 Å². The first-order valence-electron chi connectivity index (χ1n) is 8.70. The van der Waals surface area contributed by atoms with Gasteiger partial charge in [0, 0.05) is 24.4 Å². The van der Waals surface area contributed by atoms with Crippen molar-refractivity contribution in [2.45, 2.75) is 37.9 Å². The normalized spacial score (nSPS) is 20.5. The van der Waals surface area contributed by atoms with Gasteiger partial charge in [-0.3, -0.25) is 0 Å². The molecule has 0 amide bonds. The monoisotopic (exact) mass is 336 g/mol. The molecule has 1 aliphatic rings. The summed E-state index contributed by atoms with van der Waals surface area (Å²) in [6.07, 6.45) is 6.64. The molecule has 0 saturated heterocycles. The van der Waals surface area contributed by atoms with Gasteiger partial charge in [0.05, 0.1) is 6.10 Å². The highest BCUT2D eigenvalue weighted by Crippen LogP contribution is 2.31. The van der Waals surface area contributed by atoms with Crippen LogP contribution in [0.4, 0.5) is 11.5 Å². The number of nitrogens with zero attached hydrogens (tertiary/aromatic N) is 3. The van der Waals surface area contributed by atoms with Gasteiger partial charge in [-0.2, -0.15) is 5.10 Å². The summed E-state index contributed by atoms with van der Waals surface area (Å²) in [6, 6.07) is 10.1. The van der Waals surface area contributed by atoms with E-state index in [-0.39, 0.29) is 12.2 Å². The maximum Gasteiger partial charge on any atom is 0.162 e. The first-order valence-corrected chi connectivity index (χ1v) is 8.70. The maximum absolute atomic E-state index is 9.87. The Bertz CT molecular complexity index is 882. The van der Waals surface area contributed by atoms with E-state index >= 15 is 0 Å². The lowest BCUT2D eigenvalue weighted by Crippen LogP contribution is -2.28. The van der Waals surface area contributed by atoms with Crippen molar-refractivity contribution in [2.24, 2.45) is 0 Å². The van der Waals surface area contributed by atoms with Gasteiger partial charge in [-0.1, -0.05) is 17.6 Å². The van der Waals surface area contributed by atoms with Crippen LogP contribution in [0, 0.1) is 0 Å². The summed E-state index contributed by atoms with van der Waals surface area (Å²) >= 11 is 0. The Hall–Kier alpha value is -2.54. The second-order valence-corrected chi connectivity index (χ2v) is 6.64. The molecule has 25 heavy (non-hydrogen) atoms. The number of hydrogen-bond donors (Lipinski definition) is 2. The molecule has 0 radical (unpaired) electrons. The average Bonchev–Trinajstić information content (AvgIpc) is 2.99. The number of rotatable bonds is 4. The lowest BCUT2D eigenvalue weighted by Gasteiger charge is -2.26. The van der Waals surface area contributed by atoms with Crippen LogP contribution in [0.25, 0.3) is 5.52 Å². The number of nitrogens with one attached hydrogen (secondary N) is 1. The van der Waals surface area contributed by atoms with Gasteiger partial charge in [-0.05, 0) is 31.4 Å². The lowest BCUT2D eigenvalue weighted by molar-refractivity contribution is 0.0544. The SMILES string of the molecule is Bc1cccc(Nc2ncnn3ccc(OC4CCC[C@H](O)C4)c23)c1. The molecule has 7 heteroatoms. The highest BCUT2D eigenvalue weighted by molar-refractivity contribution is 6.32. The fourth-order valence-electron chi connectivity index (χ4n) is 3.38. The number of aliphatic hydroxyl groups excluding tert-OH is 1. The van der Waals surface area contributed by atoms with Crippen LogP contribution < -0.4 is 15.5 Å². The molecular weight excluding hydrogens is 315 g/mol.